The summed E-state index contributed by atoms with van der Waals surface area (Å²) >= 11 is 1.58. The second-order valence-corrected chi connectivity index (χ2v) is 8.90. The van der Waals surface area contributed by atoms with Crippen molar-refractivity contribution in [1.82, 2.24) is 15.1 Å². The molecule has 0 spiro atoms. The quantitative estimate of drug-likeness (QED) is 0.417. The van der Waals surface area contributed by atoms with Gasteiger partial charge in [0.15, 0.2) is 18.2 Å². The zero-order chi connectivity index (χ0) is 20.5. The summed E-state index contributed by atoms with van der Waals surface area (Å²) in [6, 6.07) is 1.70. The fourth-order valence-electron chi connectivity index (χ4n) is 3.77. The molecular formula is C19H26N6O3S+2. The molecule has 3 aromatic rings. The van der Waals surface area contributed by atoms with Crippen molar-refractivity contribution in [2.45, 2.75) is 27.3 Å². The Morgan fingerprint density at radius 1 is 1.24 bits per heavy atom. The average molecular weight is 419 g/mol. The zero-order valence-electron chi connectivity index (χ0n) is 16.8. The highest BCUT2D eigenvalue weighted by Crippen LogP contribution is 2.25. The number of hydrogen-bond acceptors (Lipinski definition) is 6. The molecule has 154 valence electrons. The first-order valence-corrected chi connectivity index (χ1v) is 10.6. The average Bonchev–Trinajstić information content (AvgIpc) is 3.19. The monoisotopic (exact) mass is 418 g/mol. The number of aromatic nitrogens is 3. The highest BCUT2D eigenvalue weighted by molar-refractivity contribution is 7.18. The van der Waals surface area contributed by atoms with Gasteiger partial charge in [-0.2, -0.15) is 0 Å². The Labute approximate surface area is 171 Å². The molecule has 0 aliphatic carbocycles. The lowest BCUT2D eigenvalue weighted by atomic mass is 10.2. The number of carbonyl (C=O) groups is 1. The number of rotatable bonds is 5. The van der Waals surface area contributed by atoms with Gasteiger partial charge in [-0.3, -0.25) is 9.59 Å². The number of aromatic amines is 1. The number of piperazine rings is 1. The molecule has 0 atom stereocenters. The molecule has 29 heavy (non-hydrogen) atoms. The minimum atomic E-state index is -0.0587. The van der Waals surface area contributed by atoms with E-state index in [1.54, 1.807) is 24.3 Å². The fraction of sp³-hybridized carbons (Fsp3) is 0.474. The zero-order valence-corrected chi connectivity index (χ0v) is 17.7. The summed E-state index contributed by atoms with van der Waals surface area (Å²) in [7, 11) is 0. The van der Waals surface area contributed by atoms with E-state index in [0.29, 0.717) is 30.1 Å². The minimum absolute atomic E-state index is 0.0460. The van der Waals surface area contributed by atoms with Crippen LogP contribution in [0.4, 0.5) is 5.82 Å². The van der Waals surface area contributed by atoms with Crippen molar-refractivity contribution in [3.8, 4) is 0 Å². The van der Waals surface area contributed by atoms with Crippen molar-refractivity contribution < 1.29 is 19.1 Å². The van der Waals surface area contributed by atoms with E-state index in [1.165, 1.54) is 9.80 Å². The van der Waals surface area contributed by atoms with Crippen molar-refractivity contribution in [3.63, 3.8) is 0 Å². The molecule has 0 aromatic carbocycles. The van der Waals surface area contributed by atoms with Crippen LogP contribution in [0.15, 0.2) is 15.4 Å². The third-order valence-electron chi connectivity index (χ3n) is 5.48. The molecule has 0 saturated carbocycles. The first-order chi connectivity index (χ1) is 13.9. The third kappa shape index (κ3) is 4.39. The molecule has 1 fully saturated rings. The standard InChI is InChI=1S/C19H24N6O3S/c1-11-8-14(23-28-11)20-16(26)10-25-6-4-24(5-7-25)9-15-21-18(27)17-12(2)13(3)29-19(17)22-15/h8H,4-7,9-10H2,1-3H3,(H,20,23,26)(H,21,22,27)/p+2. The van der Waals surface area contributed by atoms with E-state index in [9.17, 15) is 9.59 Å². The summed E-state index contributed by atoms with van der Waals surface area (Å²) in [5, 5.41) is 7.28. The number of fused-ring (bicyclic) bond motifs is 1. The smallest absolute Gasteiger partial charge is 0.280 e. The molecule has 4 N–H and O–H groups in total. The summed E-state index contributed by atoms with van der Waals surface area (Å²) in [5.41, 5.74) is 0.976. The Bertz CT molecular complexity index is 1090. The van der Waals surface area contributed by atoms with Crippen LogP contribution in [0.1, 0.15) is 22.0 Å². The summed E-state index contributed by atoms with van der Waals surface area (Å²) in [6.45, 7) is 10.5. The van der Waals surface area contributed by atoms with Crippen molar-refractivity contribution in [1.29, 1.82) is 0 Å². The molecule has 0 bridgehead atoms. The lowest BCUT2D eigenvalue weighted by Crippen LogP contribution is -3.28. The van der Waals surface area contributed by atoms with Gasteiger partial charge in [0.25, 0.3) is 11.5 Å². The Morgan fingerprint density at radius 2 is 1.97 bits per heavy atom. The van der Waals surface area contributed by atoms with Crippen molar-refractivity contribution in [2.75, 3.05) is 38.0 Å². The topological polar surface area (TPSA) is 110 Å². The van der Waals surface area contributed by atoms with Crippen LogP contribution in [0.2, 0.25) is 0 Å². The first kappa shape index (κ1) is 19.7. The number of H-pyrrole nitrogens is 1. The number of quaternary nitrogens is 2. The highest BCUT2D eigenvalue weighted by atomic mass is 32.1. The first-order valence-electron chi connectivity index (χ1n) is 9.78. The number of nitrogens with zero attached hydrogens (tertiary/aromatic N) is 2. The summed E-state index contributed by atoms with van der Waals surface area (Å²) in [4.78, 5) is 36.8. The maximum atomic E-state index is 12.4. The Balaban J connectivity index is 1.31. The largest absolute Gasteiger partial charge is 0.360 e. The van der Waals surface area contributed by atoms with Gasteiger partial charge in [0.1, 0.15) is 43.3 Å². The minimum Gasteiger partial charge on any atom is -0.360 e. The predicted molar refractivity (Wildman–Crippen MR) is 110 cm³/mol. The van der Waals surface area contributed by atoms with Gasteiger partial charge >= 0.3 is 0 Å². The number of aryl methyl sites for hydroxylation is 3. The van der Waals surface area contributed by atoms with E-state index in [2.05, 4.69) is 20.4 Å². The second kappa shape index (κ2) is 8.05. The van der Waals surface area contributed by atoms with E-state index >= 15 is 0 Å². The Kier molecular flexibility index (Phi) is 5.48. The molecule has 1 aliphatic heterocycles. The normalized spacial score (nSPS) is 19.6. The molecule has 0 unspecified atom stereocenters. The molecule has 1 amide bonds. The lowest BCUT2D eigenvalue weighted by molar-refractivity contribution is -1.02. The summed E-state index contributed by atoms with van der Waals surface area (Å²) < 4.78 is 4.96. The van der Waals surface area contributed by atoms with Crippen LogP contribution in [-0.4, -0.2) is 53.8 Å². The van der Waals surface area contributed by atoms with Gasteiger partial charge in [-0.25, -0.2) is 4.98 Å². The number of nitrogens with one attached hydrogen (secondary N) is 4. The van der Waals surface area contributed by atoms with E-state index in [1.807, 2.05) is 13.8 Å². The van der Waals surface area contributed by atoms with Gasteiger partial charge in [0, 0.05) is 10.9 Å². The molecule has 0 radical (unpaired) electrons. The van der Waals surface area contributed by atoms with Crippen LogP contribution in [-0.2, 0) is 11.3 Å². The van der Waals surface area contributed by atoms with Gasteiger partial charge in [-0.15, -0.1) is 11.3 Å². The summed E-state index contributed by atoms with van der Waals surface area (Å²) in [6.07, 6.45) is 0. The van der Waals surface area contributed by atoms with Crippen molar-refractivity contribution >= 4 is 33.3 Å². The number of thiophene rings is 1. The molecule has 1 aliphatic rings. The van der Waals surface area contributed by atoms with E-state index in [4.69, 9.17) is 4.52 Å². The van der Waals surface area contributed by atoms with Crippen LogP contribution in [0.25, 0.3) is 10.2 Å². The molecule has 9 nitrogen and oxygen atoms in total. The molecule has 4 heterocycles. The van der Waals surface area contributed by atoms with Crippen molar-refractivity contribution in [2.24, 2.45) is 0 Å². The van der Waals surface area contributed by atoms with E-state index < -0.39 is 0 Å². The molecule has 3 aromatic heterocycles. The van der Waals surface area contributed by atoms with Gasteiger partial charge in [-0.1, -0.05) is 5.16 Å². The van der Waals surface area contributed by atoms with Gasteiger partial charge in [-0.05, 0) is 26.3 Å². The lowest BCUT2D eigenvalue weighted by Gasteiger charge is -2.28. The Hall–Kier alpha value is -2.56. The van der Waals surface area contributed by atoms with Crippen LogP contribution in [0, 0.1) is 20.8 Å². The molecule has 1 saturated heterocycles. The number of carbonyl (C=O) groups excluding carboxylic acids is 1. The highest BCUT2D eigenvalue weighted by Gasteiger charge is 2.26. The SMILES string of the molecule is Cc1cc(NC(=O)C[NH+]2CC[NH+](Cc3nc4sc(C)c(C)c4c(=O)[nH]3)CC2)no1. The number of anilines is 1. The number of amides is 1. The maximum Gasteiger partial charge on any atom is 0.280 e. The summed E-state index contributed by atoms with van der Waals surface area (Å²) in [5.74, 6) is 1.81. The van der Waals surface area contributed by atoms with E-state index in [-0.39, 0.29) is 11.5 Å². The molecule has 10 heteroatoms. The fourth-order valence-corrected chi connectivity index (χ4v) is 4.82. The van der Waals surface area contributed by atoms with Crippen LogP contribution < -0.4 is 20.7 Å². The second-order valence-electron chi connectivity index (χ2n) is 7.70. The van der Waals surface area contributed by atoms with Crippen molar-refractivity contribution in [3.05, 3.63) is 38.4 Å². The van der Waals surface area contributed by atoms with E-state index in [0.717, 1.165) is 47.3 Å². The number of hydrogen-bond donors (Lipinski definition) is 4. The van der Waals surface area contributed by atoms with Crippen LogP contribution in [0.5, 0.6) is 0 Å². The molecular weight excluding hydrogens is 392 g/mol. The molecule has 4 rings (SSSR count). The van der Waals surface area contributed by atoms with Crippen LogP contribution >= 0.6 is 11.3 Å². The van der Waals surface area contributed by atoms with Crippen LogP contribution in [0.3, 0.4) is 0 Å². The van der Waals surface area contributed by atoms with Gasteiger partial charge in [0.05, 0.1) is 5.39 Å². The predicted octanol–water partition coefficient (Wildman–Crippen LogP) is -1.18. The van der Waals surface area contributed by atoms with Gasteiger partial charge < -0.3 is 24.6 Å². The Morgan fingerprint density at radius 3 is 2.66 bits per heavy atom. The third-order valence-corrected chi connectivity index (χ3v) is 6.58. The maximum absolute atomic E-state index is 12.4. The van der Waals surface area contributed by atoms with Gasteiger partial charge in [0.2, 0.25) is 0 Å².